The van der Waals surface area contributed by atoms with E-state index >= 15 is 0 Å². The lowest BCUT2D eigenvalue weighted by atomic mass is 10.1. The molecule has 1 atom stereocenters. The first kappa shape index (κ1) is 23.3. The highest BCUT2D eigenvalue weighted by Crippen LogP contribution is 2.34. The van der Waals surface area contributed by atoms with E-state index in [9.17, 15) is 5.11 Å². The normalized spacial score (nSPS) is 14.4. The molecule has 0 unspecified atom stereocenters. The molecule has 2 aromatic carbocycles. The van der Waals surface area contributed by atoms with Crippen LogP contribution in [0.25, 0.3) is 5.69 Å². The molecule has 1 saturated carbocycles. The van der Waals surface area contributed by atoms with Crippen LogP contribution in [0.5, 0.6) is 11.6 Å². The summed E-state index contributed by atoms with van der Waals surface area (Å²) in [4.78, 5) is 2.37. The molecule has 0 radical (unpaired) electrons. The molecule has 1 aliphatic rings. The highest BCUT2D eigenvalue weighted by Gasteiger charge is 2.28. The van der Waals surface area contributed by atoms with Gasteiger partial charge in [0.25, 0.3) is 0 Å². The van der Waals surface area contributed by atoms with Crippen molar-refractivity contribution in [1.82, 2.24) is 14.7 Å². The van der Waals surface area contributed by atoms with Gasteiger partial charge in [-0.3, -0.25) is 4.90 Å². The largest absolute Gasteiger partial charge is 0.439 e. The first-order chi connectivity index (χ1) is 16.0. The van der Waals surface area contributed by atoms with Gasteiger partial charge in [0.05, 0.1) is 23.0 Å². The predicted octanol–water partition coefficient (Wildman–Crippen LogP) is 5.82. The van der Waals surface area contributed by atoms with Crippen LogP contribution in [0.2, 0.25) is 0 Å². The van der Waals surface area contributed by atoms with Crippen molar-refractivity contribution < 1.29 is 9.84 Å². The number of aryl methyl sites for hydroxylation is 2. The fourth-order valence-electron chi connectivity index (χ4n) is 4.15. The van der Waals surface area contributed by atoms with Crippen LogP contribution in [0.15, 0.2) is 67.3 Å². The van der Waals surface area contributed by atoms with Crippen molar-refractivity contribution in [2.24, 2.45) is 5.92 Å². The van der Waals surface area contributed by atoms with Crippen LogP contribution >= 0.6 is 0 Å². The average molecular weight is 446 g/mol. The van der Waals surface area contributed by atoms with Crippen LogP contribution in [0, 0.1) is 19.8 Å². The van der Waals surface area contributed by atoms with E-state index in [-0.39, 0.29) is 6.10 Å². The topological polar surface area (TPSA) is 50.5 Å². The summed E-state index contributed by atoms with van der Waals surface area (Å²) in [7, 11) is 0. The molecule has 0 amide bonds. The molecule has 1 aromatic heterocycles. The number of ether oxygens (including phenoxy) is 1. The molecule has 1 aliphatic carbocycles. The van der Waals surface area contributed by atoms with E-state index < -0.39 is 0 Å². The minimum absolute atomic E-state index is 0.368. The third kappa shape index (κ3) is 6.34. The highest BCUT2D eigenvalue weighted by atomic mass is 16.5. The number of benzene rings is 2. The van der Waals surface area contributed by atoms with Gasteiger partial charge in [-0.15, -0.1) is 6.58 Å². The molecule has 1 N–H and O–H groups in total. The van der Waals surface area contributed by atoms with Crippen LogP contribution in [-0.2, 0) is 6.54 Å². The number of para-hydroxylation sites is 1. The van der Waals surface area contributed by atoms with Crippen LogP contribution in [0.3, 0.4) is 0 Å². The maximum atomic E-state index is 10.6. The molecule has 3 aromatic rings. The molecule has 0 bridgehead atoms. The molecule has 5 heteroatoms. The third-order valence-electron chi connectivity index (χ3n) is 6.11. The number of aliphatic hydroxyl groups excluding tert-OH is 1. The summed E-state index contributed by atoms with van der Waals surface area (Å²) < 4.78 is 8.39. The highest BCUT2D eigenvalue weighted by molar-refractivity contribution is 5.43. The molecule has 1 fully saturated rings. The fourth-order valence-corrected chi connectivity index (χ4v) is 4.15. The summed E-state index contributed by atoms with van der Waals surface area (Å²) in [5, 5.41) is 15.5. The van der Waals surface area contributed by atoms with Gasteiger partial charge >= 0.3 is 0 Å². The van der Waals surface area contributed by atoms with Gasteiger partial charge in [0, 0.05) is 19.6 Å². The molecule has 1 heterocycles. The van der Waals surface area contributed by atoms with Gasteiger partial charge in [0.2, 0.25) is 5.88 Å². The molecule has 174 valence electrons. The summed E-state index contributed by atoms with van der Waals surface area (Å²) in [5.41, 5.74) is 4.13. The second kappa shape index (κ2) is 10.8. The van der Waals surface area contributed by atoms with E-state index in [1.165, 1.54) is 12.8 Å². The van der Waals surface area contributed by atoms with Crippen molar-refractivity contribution in [3.05, 3.63) is 84.1 Å². The Morgan fingerprint density at radius 1 is 1.18 bits per heavy atom. The summed E-state index contributed by atoms with van der Waals surface area (Å²) in [5.74, 6) is 2.26. The number of aromatic nitrogens is 2. The summed E-state index contributed by atoms with van der Waals surface area (Å²) >= 11 is 0. The molecule has 0 saturated heterocycles. The summed E-state index contributed by atoms with van der Waals surface area (Å²) in [6.45, 7) is 10.2. The number of nitrogens with zero attached hydrogens (tertiary/aromatic N) is 3. The zero-order valence-corrected chi connectivity index (χ0v) is 19.8. The lowest BCUT2D eigenvalue weighted by molar-refractivity contribution is 0.0991. The van der Waals surface area contributed by atoms with E-state index in [0.717, 1.165) is 59.4 Å². The molecule has 33 heavy (non-hydrogen) atoms. The zero-order valence-electron chi connectivity index (χ0n) is 19.8. The maximum Gasteiger partial charge on any atom is 0.227 e. The first-order valence-electron chi connectivity index (χ1n) is 11.9. The van der Waals surface area contributed by atoms with E-state index in [1.54, 1.807) is 0 Å². The Hall–Kier alpha value is -2.89. The molecule has 5 nitrogen and oxygen atoms in total. The Morgan fingerprint density at radius 2 is 1.97 bits per heavy atom. The minimum atomic E-state index is -0.368. The molecule has 4 rings (SSSR count). The minimum Gasteiger partial charge on any atom is -0.439 e. The van der Waals surface area contributed by atoms with E-state index in [4.69, 9.17) is 9.84 Å². The van der Waals surface area contributed by atoms with Crippen molar-refractivity contribution in [3.63, 3.8) is 0 Å². The van der Waals surface area contributed by atoms with Crippen molar-refractivity contribution >= 4 is 0 Å². The van der Waals surface area contributed by atoms with Gasteiger partial charge in [0.1, 0.15) is 5.75 Å². The SMILES string of the molecule is C=CCC[C@H](O)CN(Cc1c(C)nn(-c2ccccc2)c1Oc1cccc(C)c1)CC1CC1. The third-order valence-corrected chi connectivity index (χ3v) is 6.11. The number of hydrogen-bond acceptors (Lipinski definition) is 4. The van der Waals surface area contributed by atoms with Crippen molar-refractivity contribution in [2.45, 2.75) is 52.2 Å². The Balaban J connectivity index is 1.66. The smallest absolute Gasteiger partial charge is 0.227 e. The number of aliphatic hydroxyl groups is 1. The number of allylic oxidation sites excluding steroid dienone is 1. The second-order valence-corrected chi connectivity index (χ2v) is 9.19. The van der Waals surface area contributed by atoms with Crippen molar-refractivity contribution in [1.29, 1.82) is 0 Å². The predicted molar refractivity (Wildman–Crippen MR) is 133 cm³/mol. The lowest BCUT2D eigenvalue weighted by Gasteiger charge is -2.25. The molecular weight excluding hydrogens is 410 g/mol. The Kier molecular flexibility index (Phi) is 7.63. The molecule has 0 aliphatic heterocycles. The Morgan fingerprint density at radius 3 is 2.67 bits per heavy atom. The lowest BCUT2D eigenvalue weighted by Crippen LogP contribution is -2.34. The number of hydrogen-bond donors (Lipinski definition) is 1. The van der Waals surface area contributed by atoms with Gasteiger partial charge in [-0.1, -0.05) is 36.4 Å². The Bertz CT molecular complexity index is 1060. The van der Waals surface area contributed by atoms with Gasteiger partial charge in [-0.05, 0) is 75.3 Å². The first-order valence-corrected chi connectivity index (χ1v) is 11.9. The van der Waals surface area contributed by atoms with Gasteiger partial charge in [0.15, 0.2) is 0 Å². The van der Waals surface area contributed by atoms with Crippen LogP contribution < -0.4 is 4.74 Å². The quantitative estimate of drug-likeness (QED) is 0.357. The van der Waals surface area contributed by atoms with Gasteiger partial charge in [-0.2, -0.15) is 5.10 Å². The zero-order chi connectivity index (χ0) is 23.2. The average Bonchev–Trinajstić information content (AvgIpc) is 3.57. The van der Waals surface area contributed by atoms with Crippen LogP contribution in [0.1, 0.15) is 42.5 Å². The standard InChI is InChI=1S/C28H35N3O2/c1-4-5-13-25(32)19-30(18-23-15-16-23)20-27-22(3)29-31(24-11-7-6-8-12-24)28(27)33-26-14-9-10-21(2)17-26/h4,6-12,14,17,23,25,32H,1,5,13,15-16,18-20H2,2-3H3/t25-/m0/s1. The van der Waals surface area contributed by atoms with E-state index in [1.807, 2.05) is 66.2 Å². The van der Waals surface area contributed by atoms with Gasteiger partial charge < -0.3 is 9.84 Å². The number of rotatable bonds is 12. The van der Waals surface area contributed by atoms with Crippen molar-refractivity contribution in [2.75, 3.05) is 13.1 Å². The summed E-state index contributed by atoms with van der Waals surface area (Å²) in [6, 6.07) is 18.2. The van der Waals surface area contributed by atoms with E-state index in [0.29, 0.717) is 13.1 Å². The van der Waals surface area contributed by atoms with Crippen molar-refractivity contribution in [3.8, 4) is 17.3 Å². The van der Waals surface area contributed by atoms with E-state index in [2.05, 4.69) is 24.5 Å². The van der Waals surface area contributed by atoms with Crippen LogP contribution in [0.4, 0.5) is 0 Å². The van der Waals surface area contributed by atoms with Gasteiger partial charge in [-0.25, -0.2) is 4.68 Å². The maximum absolute atomic E-state index is 10.6. The molecule has 0 spiro atoms. The monoisotopic (exact) mass is 445 g/mol. The summed E-state index contributed by atoms with van der Waals surface area (Å²) in [6.07, 6.45) is 5.61. The Labute approximate surface area is 197 Å². The second-order valence-electron chi connectivity index (χ2n) is 9.19. The molecular formula is C28H35N3O2. The fraction of sp³-hybridized carbons (Fsp3) is 0.393. The van der Waals surface area contributed by atoms with Crippen LogP contribution in [-0.4, -0.2) is 39.0 Å².